The van der Waals surface area contributed by atoms with Crippen molar-refractivity contribution >= 4 is 0 Å². The molecular weight excluding hydrogens is 234 g/mol. The Bertz CT molecular complexity index is 386. The van der Waals surface area contributed by atoms with Crippen molar-refractivity contribution in [1.29, 1.82) is 0 Å². The number of hydrogen-bond acceptors (Lipinski definition) is 2. The van der Waals surface area contributed by atoms with Crippen LogP contribution < -0.4 is 0 Å². The van der Waals surface area contributed by atoms with Crippen molar-refractivity contribution in [3.05, 3.63) is 35.9 Å². The Morgan fingerprint density at radius 1 is 1.21 bits per heavy atom. The first kappa shape index (κ1) is 14.5. The van der Waals surface area contributed by atoms with E-state index in [1.807, 2.05) is 30.3 Å². The van der Waals surface area contributed by atoms with Crippen LogP contribution in [0.25, 0.3) is 0 Å². The Labute approximate surface area is 117 Å². The molecule has 19 heavy (non-hydrogen) atoms. The zero-order valence-electron chi connectivity index (χ0n) is 12.5. The first-order chi connectivity index (χ1) is 9.12. The van der Waals surface area contributed by atoms with E-state index in [1.54, 1.807) is 0 Å². The van der Waals surface area contributed by atoms with Gasteiger partial charge >= 0.3 is 0 Å². The molecule has 0 spiro atoms. The van der Waals surface area contributed by atoms with Crippen molar-refractivity contribution in [1.82, 2.24) is 4.90 Å². The highest BCUT2D eigenvalue weighted by Gasteiger charge is 2.38. The van der Waals surface area contributed by atoms with Gasteiger partial charge in [0, 0.05) is 12.6 Å². The van der Waals surface area contributed by atoms with Gasteiger partial charge < -0.3 is 5.11 Å². The van der Waals surface area contributed by atoms with Gasteiger partial charge in [-0.05, 0) is 43.7 Å². The maximum absolute atomic E-state index is 10.5. The number of benzene rings is 1. The van der Waals surface area contributed by atoms with E-state index in [1.165, 1.54) is 19.3 Å². The third kappa shape index (κ3) is 3.01. The molecule has 0 radical (unpaired) electrons. The van der Waals surface area contributed by atoms with Crippen LogP contribution in [0.2, 0.25) is 0 Å². The number of hydrogen-bond donors (Lipinski definition) is 1. The van der Waals surface area contributed by atoms with Gasteiger partial charge in [0.05, 0.1) is 6.10 Å². The third-order valence-electron chi connectivity index (χ3n) is 5.14. The summed E-state index contributed by atoms with van der Waals surface area (Å²) in [7, 11) is 0. The van der Waals surface area contributed by atoms with E-state index in [0.717, 1.165) is 18.7 Å². The summed E-state index contributed by atoms with van der Waals surface area (Å²) in [4.78, 5) is 2.46. The van der Waals surface area contributed by atoms with Crippen molar-refractivity contribution in [2.75, 3.05) is 13.1 Å². The smallest absolute Gasteiger partial charge is 0.0942 e. The molecule has 106 valence electrons. The van der Waals surface area contributed by atoms with E-state index in [4.69, 9.17) is 0 Å². The monoisotopic (exact) mass is 261 g/mol. The number of aliphatic hydroxyl groups is 1. The van der Waals surface area contributed by atoms with Crippen molar-refractivity contribution in [3.63, 3.8) is 0 Å². The molecule has 0 aliphatic carbocycles. The maximum atomic E-state index is 10.5. The SMILES string of the molecule is CCC1(CC)CCN(C(C)C(O)c2ccccc2)C1. The van der Waals surface area contributed by atoms with Gasteiger partial charge in [-0.1, -0.05) is 44.2 Å². The highest BCUT2D eigenvalue weighted by atomic mass is 16.3. The topological polar surface area (TPSA) is 23.5 Å². The highest BCUT2D eigenvalue weighted by molar-refractivity contribution is 5.18. The Hall–Kier alpha value is -0.860. The predicted molar refractivity (Wildman–Crippen MR) is 80.1 cm³/mol. The fourth-order valence-electron chi connectivity index (χ4n) is 3.27. The molecule has 1 N–H and O–H groups in total. The van der Waals surface area contributed by atoms with Crippen LogP contribution in [0.4, 0.5) is 0 Å². The van der Waals surface area contributed by atoms with Crippen LogP contribution in [0.15, 0.2) is 30.3 Å². The first-order valence-electron chi connectivity index (χ1n) is 7.59. The second kappa shape index (κ2) is 6.06. The van der Waals surface area contributed by atoms with Gasteiger partial charge in [0.25, 0.3) is 0 Å². The summed E-state index contributed by atoms with van der Waals surface area (Å²) >= 11 is 0. The molecule has 1 aromatic rings. The van der Waals surface area contributed by atoms with Gasteiger partial charge in [-0.2, -0.15) is 0 Å². The zero-order valence-corrected chi connectivity index (χ0v) is 12.5. The molecule has 2 atom stereocenters. The summed E-state index contributed by atoms with van der Waals surface area (Å²) in [5.74, 6) is 0. The van der Waals surface area contributed by atoms with Crippen LogP contribution in [0.5, 0.6) is 0 Å². The second-order valence-electron chi connectivity index (χ2n) is 6.02. The molecule has 0 bridgehead atoms. The van der Waals surface area contributed by atoms with E-state index in [9.17, 15) is 5.11 Å². The molecule has 1 heterocycles. The fourth-order valence-corrected chi connectivity index (χ4v) is 3.27. The first-order valence-corrected chi connectivity index (χ1v) is 7.59. The summed E-state index contributed by atoms with van der Waals surface area (Å²) < 4.78 is 0. The molecule has 1 aliphatic rings. The maximum Gasteiger partial charge on any atom is 0.0942 e. The van der Waals surface area contributed by atoms with Crippen LogP contribution in [-0.2, 0) is 0 Å². The minimum atomic E-state index is -0.384. The highest BCUT2D eigenvalue weighted by Crippen LogP contribution is 2.39. The van der Waals surface area contributed by atoms with E-state index >= 15 is 0 Å². The molecule has 1 saturated heterocycles. The normalized spacial score (nSPS) is 22.3. The van der Waals surface area contributed by atoms with Gasteiger partial charge in [0.15, 0.2) is 0 Å². The Morgan fingerprint density at radius 2 is 1.84 bits per heavy atom. The van der Waals surface area contributed by atoms with Crippen LogP contribution in [-0.4, -0.2) is 29.1 Å². The van der Waals surface area contributed by atoms with Gasteiger partial charge in [0.1, 0.15) is 0 Å². The summed E-state index contributed by atoms with van der Waals surface area (Å²) in [6, 6.07) is 10.2. The zero-order chi connectivity index (χ0) is 13.9. The summed E-state index contributed by atoms with van der Waals surface area (Å²) in [6.07, 6.45) is 3.37. The molecule has 1 aliphatic heterocycles. The molecule has 2 rings (SSSR count). The van der Waals surface area contributed by atoms with E-state index in [2.05, 4.69) is 25.7 Å². The average molecular weight is 261 g/mol. The summed E-state index contributed by atoms with van der Waals surface area (Å²) in [5.41, 5.74) is 1.51. The van der Waals surface area contributed by atoms with E-state index < -0.39 is 0 Å². The molecule has 1 fully saturated rings. The van der Waals surface area contributed by atoms with Crippen molar-refractivity contribution < 1.29 is 5.11 Å². The molecule has 0 amide bonds. The minimum Gasteiger partial charge on any atom is -0.387 e. The van der Waals surface area contributed by atoms with Gasteiger partial charge in [-0.3, -0.25) is 4.90 Å². The minimum absolute atomic E-state index is 0.197. The molecule has 2 unspecified atom stereocenters. The van der Waals surface area contributed by atoms with Crippen LogP contribution in [0.3, 0.4) is 0 Å². The third-order valence-corrected chi connectivity index (χ3v) is 5.14. The molecule has 1 aromatic carbocycles. The van der Waals surface area contributed by atoms with Crippen LogP contribution in [0.1, 0.15) is 51.7 Å². The lowest BCUT2D eigenvalue weighted by Gasteiger charge is -2.32. The summed E-state index contributed by atoms with van der Waals surface area (Å²) in [6.45, 7) is 8.99. The van der Waals surface area contributed by atoms with Gasteiger partial charge in [0.2, 0.25) is 0 Å². The Kier molecular flexibility index (Phi) is 4.64. The molecule has 2 heteroatoms. The van der Waals surface area contributed by atoms with Crippen LogP contribution >= 0.6 is 0 Å². The van der Waals surface area contributed by atoms with E-state index in [-0.39, 0.29) is 12.1 Å². The lowest BCUT2D eigenvalue weighted by atomic mass is 9.82. The average Bonchev–Trinajstić information content (AvgIpc) is 2.92. The van der Waals surface area contributed by atoms with Crippen molar-refractivity contribution in [3.8, 4) is 0 Å². The predicted octanol–water partition coefficient (Wildman–Crippen LogP) is 3.62. The number of likely N-dealkylation sites (tertiary alicyclic amines) is 1. The summed E-state index contributed by atoms with van der Waals surface area (Å²) in [5, 5.41) is 10.5. The number of nitrogens with zero attached hydrogens (tertiary/aromatic N) is 1. The van der Waals surface area contributed by atoms with Gasteiger partial charge in [-0.25, -0.2) is 0 Å². The lowest BCUT2D eigenvalue weighted by molar-refractivity contribution is 0.0634. The molecule has 2 nitrogen and oxygen atoms in total. The molecular formula is C17H27NO. The van der Waals surface area contributed by atoms with E-state index in [0.29, 0.717) is 5.41 Å². The standard InChI is InChI=1S/C17H27NO/c1-4-17(5-2)11-12-18(13-17)14(3)16(19)15-9-7-6-8-10-15/h6-10,14,16,19H,4-5,11-13H2,1-3H3. The Morgan fingerprint density at radius 3 is 2.37 bits per heavy atom. The fraction of sp³-hybridized carbons (Fsp3) is 0.647. The number of aliphatic hydroxyl groups excluding tert-OH is 1. The van der Waals surface area contributed by atoms with Crippen molar-refractivity contribution in [2.45, 2.75) is 52.2 Å². The van der Waals surface area contributed by atoms with Crippen LogP contribution in [0, 0.1) is 5.41 Å². The molecule has 0 saturated carbocycles. The molecule has 0 aromatic heterocycles. The quantitative estimate of drug-likeness (QED) is 0.875. The Balaban J connectivity index is 2.03. The second-order valence-corrected chi connectivity index (χ2v) is 6.02. The largest absolute Gasteiger partial charge is 0.387 e. The van der Waals surface area contributed by atoms with Gasteiger partial charge in [-0.15, -0.1) is 0 Å². The van der Waals surface area contributed by atoms with Crippen molar-refractivity contribution in [2.24, 2.45) is 5.41 Å². The lowest BCUT2D eigenvalue weighted by Crippen LogP contribution is -2.37. The number of rotatable bonds is 5.